The van der Waals surface area contributed by atoms with Crippen LogP contribution in [0.4, 0.5) is 0 Å². The Hall–Kier alpha value is -0.830. The summed E-state index contributed by atoms with van der Waals surface area (Å²) in [6.07, 6.45) is 2.28. The Balaban J connectivity index is 2.15. The topological polar surface area (TPSA) is 12.0 Å². The SMILES string of the molecule is CCCNC(CC)c1ccc(-c2sccc2Cl)cc1. The molecule has 1 aromatic carbocycles. The fourth-order valence-corrected chi connectivity index (χ4v) is 3.36. The highest BCUT2D eigenvalue weighted by molar-refractivity contribution is 7.14. The predicted molar refractivity (Wildman–Crippen MR) is 86.1 cm³/mol. The van der Waals surface area contributed by atoms with Crippen LogP contribution in [0.5, 0.6) is 0 Å². The molecule has 0 saturated heterocycles. The average Bonchev–Trinajstić information content (AvgIpc) is 2.87. The van der Waals surface area contributed by atoms with Crippen LogP contribution in [0.1, 0.15) is 38.3 Å². The summed E-state index contributed by atoms with van der Waals surface area (Å²) in [5.41, 5.74) is 2.56. The molecule has 1 N–H and O–H groups in total. The predicted octanol–water partition coefficient (Wildman–Crippen LogP) is 5.52. The standard InChI is InChI=1S/C16H20ClNS/c1-3-10-18-15(4-2)12-5-7-13(8-6-12)16-14(17)9-11-19-16/h5-9,11,15,18H,3-4,10H2,1-2H3. The van der Waals surface area contributed by atoms with Crippen molar-refractivity contribution in [2.75, 3.05) is 6.54 Å². The highest BCUT2D eigenvalue weighted by Crippen LogP contribution is 2.33. The maximum Gasteiger partial charge on any atom is 0.0592 e. The molecule has 1 heterocycles. The summed E-state index contributed by atoms with van der Waals surface area (Å²) in [6.45, 7) is 5.48. The lowest BCUT2D eigenvalue weighted by molar-refractivity contribution is 0.518. The molecule has 0 radical (unpaired) electrons. The van der Waals surface area contributed by atoms with Crippen molar-refractivity contribution in [1.29, 1.82) is 0 Å². The molecule has 3 heteroatoms. The van der Waals surface area contributed by atoms with Crippen molar-refractivity contribution >= 4 is 22.9 Å². The minimum Gasteiger partial charge on any atom is -0.310 e. The number of hydrogen-bond donors (Lipinski definition) is 1. The second-order valence-corrected chi connectivity index (χ2v) is 5.96. The van der Waals surface area contributed by atoms with Gasteiger partial charge in [-0.05, 0) is 42.0 Å². The van der Waals surface area contributed by atoms with Crippen LogP contribution in [0.25, 0.3) is 10.4 Å². The van der Waals surface area contributed by atoms with Gasteiger partial charge in [0.05, 0.1) is 9.90 Å². The quantitative estimate of drug-likeness (QED) is 0.739. The van der Waals surface area contributed by atoms with Gasteiger partial charge in [0.15, 0.2) is 0 Å². The molecule has 0 spiro atoms. The molecular formula is C16H20ClNS. The first-order valence-electron chi connectivity index (χ1n) is 6.83. The molecule has 0 aliphatic heterocycles. The van der Waals surface area contributed by atoms with Gasteiger partial charge in [-0.3, -0.25) is 0 Å². The summed E-state index contributed by atoms with van der Waals surface area (Å²) >= 11 is 7.86. The van der Waals surface area contributed by atoms with E-state index in [0.29, 0.717) is 6.04 Å². The second-order valence-electron chi connectivity index (χ2n) is 4.63. The molecule has 0 saturated carbocycles. The van der Waals surface area contributed by atoms with Gasteiger partial charge in [0.1, 0.15) is 0 Å². The molecular weight excluding hydrogens is 274 g/mol. The molecule has 0 bridgehead atoms. The Kier molecular flexibility index (Phi) is 5.44. The van der Waals surface area contributed by atoms with Crippen LogP contribution in [0.2, 0.25) is 5.02 Å². The van der Waals surface area contributed by atoms with Gasteiger partial charge >= 0.3 is 0 Å². The smallest absolute Gasteiger partial charge is 0.0592 e. The van der Waals surface area contributed by atoms with E-state index in [-0.39, 0.29) is 0 Å². The summed E-state index contributed by atoms with van der Waals surface area (Å²) in [6, 6.07) is 11.2. The van der Waals surface area contributed by atoms with Crippen LogP contribution < -0.4 is 5.32 Å². The van der Waals surface area contributed by atoms with Crippen molar-refractivity contribution in [3.05, 3.63) is 46.3 Å². The largest absolute Gasteiger partial charge is 0.310 e. The van der Waals surface area contributed by atoms with Crippen LogP contribution >= 0.6 is 22.9 Å². The van der Waals surface area contributed by atoms with Crippen LogP contribution in [-0.2, 0) is 0 Å². The van der Waals surface area contributed by atoms with E-state index in [2.05, 4.69) is 43.4 Å². The molecule has 0 fully saturated rings. The summed E-state index contributed by atoms with van der Waals surface area (Å²) in [5, 5.41) is 6.45. The summed E-state index contributed by atoms with van der Waals surface area (Å²) in [5.74, 6) is 0. The van der Waals surface area contributed by atoms with Gasteiger partial charge in [0.25, 0.3) is 0 Å². The number of rotatable bonds is 6. The fraction of sp³-hybridized carbons (Fsp3) is 0.375. The van der Waals surface area contributed by atoms with E-state index in [1.807, 2.05) is 11.4 Å². The summed E-state index contributed by atoms with van der Waals surface area (Å²) in [7, 11) is 0. The highest BCUT2D eigenvalue weighted by Gasteiger charge is 2.09. The monoisotopic (exact) mass is 293 g/mol. The van der Waals surface area contributed by atoms with Crippen LogP contribution in [0.15, 0.2) is 35.7 Å². The summed E-state index contributed by atoms with van der Waals surface area (Å²) in [4.78, 5) is 1.16. The Morgan fingerprint density at radius 3 is 2.42 bits per heavy atom. The van der Waals surface area contributed by atoms with Crippen LogP contribution in [0.3, 0.4) is 0 Å². The van der Waals surface area contributed by atoms with Crippen molar-refractivity contribution in [3.63, 3.8) is 0 Å². The first-order valence-corrected chi connectivity index (χ1v) is 8.08. The molecule has 1 aromatic heterocycles. The number of thiophene rings is 1. The molecule has 2 aromatic rings. The van der Waals surface area contributed by atoms with Crippen LogP contribution in [-0.4, -0.2) is 6.54 Å². The lowest BCUT2D eigenvalue weighted by Crippen LogP contribution is -2.21. The maximum atomic E-state index is 6.17. The fourth-order valence-electron chi connectivity index (χ4n) is 2.18. The van der Waals surface area contributed by atoms with Crippen molar-refractivity contribution in [2.45, 2.75) is 32.7 Å². The zero-order chi connectivity index (χ0) is 13.7. The Bertz CT molecular complexity index is 504. The van der Waals surface area contributed by atoms with Gasteiger partial charge in [0, 0.05) is 6.04 Å². The normalized spacial score (nSPS) is 12.6. The molecule has 2 rings (SSSR count). The molecule has 0 amide bonds. The molecule has 0 aliphatic rings. The van der Waals surface area contributed by atoms with Gasteiger partial charge in [0.2, 0.25) is 0 Å². The minimum atomic E-state index is 0.452. The Morgan fingerprint density at radius 2 is 1.89 bits per heavy atom. The molecule has 1 unspecified atom stereocenters. The number of halogens is 1. The summed E-state index contributed by atoms with van der Waals surface area (Å²) < 4.78 is 0. The van der Waals surface area contributed by atoms with E-state index in [4.69, 9.17) is 11.6 Å². The van der Waals surface area contributed by atoms with Gasteiger partial charge in [-0.1, -0.05) is 49.7 Å². The van der Waals surface area contributed by atoms with E-state index in [9.17, 15) is 0 Å². The lowest BCUT2D eigenvalue weighted by atomic mass is 10.0. The van der Waals surface area contributed by atoms with Crippen molar-refractivity contribution in [1.82, 2.24) is 5.32 Å². The van der Waals surface area contributed by atoms with Crippen molar-refractivity contribution in [2.24, 2.45) is 0 Å². The van der Waals surface area contributed by atoms with E-state index < -0.39 is 0 Å². The Morgan fingerprint density at radius 1 is 1.16 bits per heavy atom. The molecule has 1 nitrogen and oxygen atoms in total. The van der Waals surface area contributed by atoms with Crippen LogP contribution in [0, 0.1) is 0 Å². The van der Waals surface area contributed by atoms with E-state index in [1.165, 1.54) is 17.5 Å². The van der Waals surface area contributed by atoms with Gasteiger partial charge in [-0.2, -0.15) is 0 Å². The van der Waals surface area contributed by atoms with Crippen molar-refractivity contribution < 1.29 is 0 Å². The third-order valence-corrected chi connectivity index (χ3v) is 4.63. The zero-order valence-corrected chi connectivity index (χ0v) is 13.0. The molecule has 0 aliphatic carbocycles. The van der Waals surface area contributed by atoms with Gasteiger partial charge in [-0.15, -0.1) is 11.3 Å². The highest BCUT2D eigenvalue weighted by atomic mass is 35.5. The first kappa shape index (κ1) is 14.6. The van der Waals surface area contributed by atoms with Gasteiger partial charge < -0.3 is 5.32 Å². The number of nitrogens with one attached hydrogen (secondary N) is 1. The molecule has 102 valence electrons. The third kappa shape index (κ3) is 3.59. The molecule has 1 atom stereocenters. The zero-order valence-electron chi connectivity index (χ0n) is 11.4. The first-order chi connectivity index (χ1) is 9.26. The lowest BCUT2D eigenvalue weighted by Gasteiger charge is -2.17. The minimum absolute atomic E-state index is 0.452. The number of hydrogen-bond acceptors (Lipinski definition) is 2. The van der Waals surface area contributed by atoms with E-state index in [1.54, 1.807) is 11.3 Å². The van der Waals surface area contributed by atoms with Crippen molar-refractivity contribution in [3.8, 4) is 10.4 Å². The number of benzene rings is 1. The van der Waals surface area contributed by atoms with Gasteiger partial charge in [-0.25, -0.2) is 0 Å². The molecule has 19 heavy (non-hydrogen) atoms. The van der Waals surface area contributed by atoms with E-state index in [0.717, 1.165) is 22.9 Å². The average molecular weight is 294 g/mol. The Labute approximate surface area is 124 Å². The maximum absolute atomic E-state index is 6.17. The third-order valence-electron chi connectivity index (χ3n) is 3.24. The van der Waals surface area contributed by atoms with E-state index >= 15 is 0 Å². The second kappa shape index (κ2) is 7.09.